The molecule has 0 heterocycles. The van der Waals surface area contributed by atoms with Gasteiger partial charge in [-0.25, -0.2) is 4.79 Å². The van der Waals surface area contributed by atoms with Gasteiger partial charge >= 0.3 is 5.97 Å². The van der Waals surface area contributed by atoms with Crippen molar-refractivity contribution in [1.82, 2.24) is 5.32 Å². The summed E-state index contributed by atoms with van der Waals surface area (Å²) in [6, 6.07) is 12.3. The number of nitrogens with one attached hydrogen (secondary N) is 1. The fourth-order valence-electron chi connectivity index (χ4n) is 2.58. The molecule has 0 saturated carbocycles. The molecule has 0 radical (unpaired) electrons. The standard InChI is InChI=1S/C20H20N2O6/c1-13-10-16(8-9-18(13)22(26)27)20(25)28-12-19(24)21-17(14(2)23)11-15-6-4-3-5-7-15/h3-10,17H,11-12H2,1-2H3,(H,21,24)/t17-/m1/s1. The van der Waals surface area contributed by atoms with Gasteiger partial charge in [0.25, 0.3) is 11.6 Å². The lowest BCUT2D eigenvalue weighted by Gasteiger charge is -2.16. The molecule has 0 bridgehead atoms. The molecule has 146 valence electrons. The Bertz CT molecular complexity index is 895. The maximum absolute atomic E-state index is 12.1. The number of amides is 1. The van der Waals surface area contributed by atoms with Crippen molar-refractivity contribution in [3.63, 3.8) is 0 Å². The molecule has 1 N–H and O–H groups in total. The minimum atomic E-state index is -0.782. The number of ketones is 1. The summed E-state index contributed by atoms with van der Waals surface area (Å²) in [5, 5.41) is 13.4. The zero-order valence-electron chi connectivity index (χ0n) is 15.5. The van der Waals surface area contributed by atoms with Gasteiger partial charge in [-0.1, -0.05) is 30.3 Å². The van der Waals surface area contributed by atoms with E-state index in [4.69, 9.17) is 4.74 Å². The number of carbonyl (C=O) groups excluding carboxylic acids is 3. The predicted octanol–water partition coefficient (Wildman–Crippen LogP) is 2.38. The molecule has 0 aliphatic rings. The van der Waals surface area contributed by atoms with Crippen molar-refractivity contribution in [1.29, 1.82) is 0 Å². The van der Waals surface area contributed by atoms with E-state index in [1.807, 2.05) is 30.3 Å². The monoisotopic (exact) mass is 384 g/mol. The number of carbonyl (C=O) groups is 3. The molecule has 2 aromatic rings. The van der Waals surface area contributed by atoms with E-state index in [0.29, 0.717) is 12.0 Å². The summed E-state index contributed by atoms with van der Waals surface area (Å²) in [4.78, 5) is 46.2. The lowest BCUT2D eigenvalue weighted by molar-refractivity contribution is -0.385. The molecule has 8 heteroatoms. The Morgan fingerprint density at radius 2 is 1.82 bits per heavy atom. The topological polar surface area (TPSA) is 116 Å². The Kier molecular flexibility index (Phi) is 6.97. The summed E-state index contributed by atoms with van der Waals surface area (Å²) in [7, 11) is 0. The SMILES string of the molecule is CC(=O)[C@@H](Cc1ccccc1)NC(=O)COC(=O)c1ccc([N+](=O)[O-])c(C)c1. The van der Waals surface area contributed by atoms with Gasteiger partial charge < -0.3 is 10.1 Å². The van der Waals surface area contributed by atoms with E-state index in [2.05, 4.69) is 5.32 Å². The second-order valence-corrected chi connectivity index (χ2v) is 6.25. The van der Waals surface area contributed by atoms with E-state index in [1.54, 1.807) is 0 Å². The Balaban J connectivity index is 1.93. The third kappa shape index (κ3) is 5.73. The lowest BCUT2D eigenvalue weighted by atomic mass is 10.0. The number of rotatable bonds is 8. The first-order valence-corrected chi connectivity index (χ1v) is 8.54. The minimum absolute atomic E-state index is 0.100. The second kappa shape index (κ2) is 9.40. The molecule has 0 unspecified atom stereocenters. The van der Waals surface area contributed by atoms with Crippen LogP contribution in [0.4, 0.5) is 5.69 Å². The first-order chi connectivity index (χ1) is 13.3. The molecule has 0 aliphatic carbocycles. The first-order valence-electron chi connectivity index (χ1n) is 8.54. The van der Waals surface area contributed by atoms with Crippen LogP contribution in [0.15, 0.2) is 48.5 Å². The van der Waals surface area contributed by atoms with Crippen molar-refractivity contribution in [2.75, 3.05) is 6.61 Å². The van der Waals surface area contributed by atoms with Crippen molar-refractivity contribution in [2.45, 2.75) is 26.3 Å². The Hall–Kier alpha value is -3.55. The van der Waals surface area contributed by atoms with Crippen LogP contribution >= 0.6 is 0 Å². The van der Waals surface area contributed by atoms with Crippen LogP contribution < -0.4 is 5.32 Å². The highest BCUT2D eigenvalue weighted by Gasteiger charge is 2.20. The normalized spacial score (nSPS) is 11.4. The maximum Gasteiger partial charge on any atom is 0.338 e. The van der Waals surface area contributed by atoms with Crippen LogP contribution in [0, 0.1) is 17.0 Å². The van der Waals surface area contributed by atoms with Crippen molar-refractivity contribution in [2.24, 2.45) is 0 Å². The second-order valence-electron chi connectivity index (χ2n) is 6.25. The van der Waals surface area contributed by atoms with Crippen molar-refractivity contribution >= 4 is 23.3 Å². The number of benzene rings is 2. The lowest BCUT2D eigenvalue weighted by Crippen LogP contribution is -2.43. The average Bonchev–Trinajstić information content (AvgIpc) is 2.66. The number of nitro groups is 1. The molecule has 2 rings (SSSR count). The molecular weight excluding hydrogens is 364 g/mol. The van der Waals surface area contributed by atoms with Gasteiger partial charge in [-0.2, -0.15) is 0 Å². The smallest absolute Gasteiger partial charge is 0.338 e. The molecule has 8 nitrogen and oxygen atoms in total. The van der Waals surface area contributed by atoms with Crippen LogP contribution in [0.25, 0.3) is 0 Å². The molecule has 2 aromatic carbocycles. The van der Waals surface area contributed by atoms with Gasteiger partial charge in [0.2, 0.25) is 0 Å². The van der Waals surface area contributed by atoms with E-state index in [9.17, 15) is 24.5 Å². The number of nitro benzene ring substituents is 1. The molecule has 0 aliphatic heterocycles. The van der Waals surface area contributed by atoms with Crippen LogP contribution in [0.5, 0.6) is 0 Å². The zero-order chi connectivity index (χ0) is 20.7. The van der Waals surface area contributed by atoms with E-state index in [0.717, 1.165) is 5.56 Å². The van der Waals surface area contributed by atoms with E-state index in [1.165, 1.54) is 32.0 Å². The zero-order valence-corrected chi connectivity index (χ0v) is 15.5. The molecule has 0 spiro atoms. The third-order valence-corrected chi connectivity index (χ3v) is 4.07. The van der Waals surface area contributed by atoms with Crippen molar-refractivity contribution in [3.05, 3.63) is 75.3 Å². The molecule has 1 atom stereocenters. The van der Waals surface area contributed by atoms with Crippen LogP contribution in [-0.4, -0.2) is 35.2 Å². The van der Waals surface area contributed by atoms with Gasteiger partial charge in [-0.3, -0.25) is 19.7 Å². The fourth-order valence-corrected chi connectivity index (χ4v) is 2.58. The summed E-state index contributed by atoms with van der Waals surface area (Å²) >= 11 is 0. The van der Waals surface area contributed by atoms with Gasteiger partial charge in [0.1, 0.15) is 0 Å². The Morgan fingerprint density at radius 1 is 1.14 bits per heavy atom. The van der Waals surface area contributed by atoms with E-state index >= 15 is 0 Å². The Morgan fingerprint density at radius 3 is 2.39 bits per heavy atom. The molecule has 0 aromatic heterocycles. The molecular formula is C20H20N2O6. The van der Waals surface area contributed by atoms with E-state index < -0.39 is 29.4 Å². The van der Waals surface area contributed by atoms with Crippen molar-refractivity contribution in [3.8, 4) is 0 Å². The van der Waals surface area contributed by atoms with Crippen LogP contribution in [-0.2, 0) is 20.7 Å². The maximum atomic E-state index is 12.1. The predicted molar refractivity (Wildman–Crippen MR) is 101 cm³/mol. The summed E-state index contributed by atoms with van der Waals surface area (Å²) in [6.45, 7) is 2.32. The molecule has 28 heavy (non-hydrogen) atoms. The van der Waals surface area contributed by atoms with Gasteiger partial charge in [0.15, 0.2) is 12.4 Å². The van der Waals surface area contributed by atoms with Gasteiger partial charge in [0, 0.05) is 11.6 Å². The third-order valence-electron chi connectivity index (χ3n) is 4.07. The molecule has 1 amide bonds. The summed E-state index contributed by atoms with van der Waals surface area (Å²) in [5.41, 5.74) is 1.19. The van der Waals surface area contributed by atoms with Gasteiger partial charge in [0.05, 0.1) is 16.5 Å². The number of hydrogen-bond donors (Lipinski definition) is 1. The van der Waals surface area contributed by atoms with Crippen molar-refractivity contribution < 1.29 is 24.0 Å². The number of Topliss-reactive ketones (excluding diaryl/α,β-unsaturated/α-hetero) is 1. The van der Waals surface area contributed by atoms with Gasteiger partial charge in [-0.15, -0.1) is 0 Å². The molecule has 0 saturated heterocycles. The Labute approximate surface area is 161 Å². The average molecular weight is 384 g/mol. The number of aryl methyl sites for hydroxylation is 1. The number of nitrogens with zero attached hydrogens (tertiary/aromatic N) is 1. The summed E-state index contributed by atoms with van der Waals surface area (Å²) < 4.78 is 4.94. The van der Waals surface area contributed by atoms with Crippen LogP contribution in [0.3, 0.4) is 0 Å². The summed E-state index contributed by atoms with van der Waals surface area (Å²) in [5.74, 6) is -1.60. The first kappa shape index (κ1) is 20.8. The van der Waals surface area contributed by atoms with Crippen LogP contribution in [0.1, 0.15) is 28.4 Å². The van der Waals surface area contributed by atoms with Gasteiger partial charge in [-0.05, 0) is 38.0 Å². The fraction of sp³-hybridized carbons (Fsp3) is 0.250. The summed E-state index contributed by atoms with van der Waals surface area (Å²) in [6.07, 6.45) is 0.331. The quantitative estimate of drug-likeness (QED) is 0.424. The highest BCUT2D eigenvalue weighted by Crippen LogP contribution is 2.19. The highest BCUT2D eigenvalue weighted by atomic mass is 16.6. The highest BCUT2D eigenvalue weighted by molar-refractivity contribution is 5.93. The number of ether oxygens (including phenoxy) is 1. The molecule has 0 fully saturated rings. The minimum Gasteiger partial charge on any atom is -0.452 e. The largest absolute Gasteiger partial charge is 0.452 e. The van der Waals surface area contributed by atoms with E-state index in [-0.39, 0.29) is 17.0 Å². The number of hydrogen-bond acceptors (Lipinski definition) is 6. The number of esters is 1. The van der Waals surface area contributed by atoms with Crippen LogP contribution in [0.2, 0.25) is 0 Å².